The number of hydrogen-bond acceptors (Lipinski definition) is 17. The Morgan fingerprint density at radius 3 is 1.96 bits per heavy atom. The molecular weight excluding hydrogens is 668 g/mol. The van der Waals surface area contributed by atoms with E-state index in [1.807, 2.05) is 0 Å². The average Bonchev–Trinajstić information content (AvgIpc) is 3.66. The van der Waals surface area contributed by atoms with E-state index >= 15 is 0 Å². The Balaban J connectivity index is 1.38. The summed E-state index contributed by atoms with van der Waals surface area (Å²) in [6, 6.07) is 8.27. The molecule has 9 atom stereocenters. The molecule has 278 valence electrons. The first kappa shape index (κ1) is 37.9. The van der Waals surface area contributed by atoms with E-state index in [1.165, 1.54) is 30.3 Å². The lowest BCUT2D eigenvalue weighted by atomic mass is 9.97. The Kier molecular flexibility index (Phi) is 12.4. The summed E-state index contributed by atoms with van der Waals surface area (Å²) in [5.74, 6) is -2.14. The fourth-order valence-corrected chi connectivity index (χ4v) is 5.90. The van der Waals surface area contributed by atoms with Crippen molar-refractivity contribution < 1.29 is 83.9 Å². The number of hydrogen-bond donors (Lipinski definition) is 9. The molecule has 17 heteroatoms. The largest absolute Gasteiger partial charge is 0.504 e. The first-order valence-electron chi connectivity index (χ1n) is 16.2. The Morgan fingerprint density at radius 1 is 0.780 bits per heavy atom. The summed E-state index contributed by atoms with van der Waals surface area (Å²) in [5, 5.41) is 91.8. The number of carbonyl (C=O) groups is 1. The van der Waals surface area contributed by atoms with Gasteiger partial charge < -0.3 is 79.1 Å². The molecule has 2 aromatic carbocycles. The first-order valence-corrected chi connectivity index (χ1v) is 16.2. The van der Waals surface area contributed by atoms with Crippen LogP contribution in [0.3, 0.4) is 0 Å². The molecule has 9 N–H and O–H groups in total. The molecule has 0 saturated carbocycles. The minimum atomic E-state index is -1.86. The Bertz CT molecular complexity index is 1440. The molecule has 0 radical (unpaired) electrons. The quantitative estimate of drug-likeness (QED) is 0.0795. The van der Waals surface area contributed by atoms with E-state index in [1.54, 1.807) is 6.07 Å². The molecule has 3 saturated heterocycles. The molecule has 0 amide bonds. The van der Waals surface area contributed by atoms with Crippen LogP contribution in [0, 0.1) is 0 Å². The predicted molar refractivity (Wildman–Crippen MR) is 166 cm³/mol. The van der Waals surface area contributed by atoms with Crippen LogP contribution in [0.2, 0.25) is 0 Å². The number of aliphatic hydroxyl groups excluding tert-OH is 3. The zero-order valence-electron chi connectivity index (χ0n) is 27.1. The number of rotatable bonds is 15. The first-order chi connectivity index (χ1) is 23.9. The van der Waals surface area contributed by atoms with Crippen molar-refractivity contribution in [2.45, 2.75) is 86.6 Å². The molecule has 3 aliphatic heterocycles. The number of benzene rings is 2. The van der Waals surface area contributed by atoms with Crippen molar-refractivity contribution in [2.75, 3.05) is 39.6 Å². The zero-order chi connectivity index (χ0) is 36.1. The molecule has 0 bridgehead atoms. The van der Waals surface area contributed by atoms with Gasteiger partial charge in [-0.25, -0.2) is 0 Å². The van der Waals surface area contributed by atoms with Gasteiger partial charge in [-0.05, 0) is 48.2 Å². The van der Waals surface area contributed by atoms with Crippen LogP contribution in [-0.2, 0) is 50.8 Å². The Hall–Kier alpha value is -3.33. The highest BCUT2D eigenvalue weighted by atomic mass is 16.8. The summed E-state index contributed by atoms with van der Waals surface area (Å²) in [5.41, 5.74) is -2.49. The number of esters is 1. The van der Waals surface area contributed by atoms with Gasteiger partial charge in [0, 0.05) is 19.3 Å². The van der Waals surface area contributed by atoms with Crippen LogP contribution < -0.4 is 0 Å². The van der Waals surface area contributed by atoms with E-state index in [2.05, 4.69) is 0 Å². The van der Waals surface area contributed by atoms with Crippen LogP contribution in [0.25, 0.3) is 0 Å². The maximum absolute atomic E-state index is 13.3. The van der Waals surface area contributed by atoms with E-state index in [0.29, 0.717) is 11.1 Å². The maximum Gasteiger partial charge on any atom is 0.306 e. The summed E-state index contributed by atoms with van der Waals surface area (Å²) in [6.45, 7) is -1.84. The van der Waals surface area contributed by atoms with Gasteiger partial charge in [-0.15, -0.1) is 0 Å². The molecular formula is C33H44O17. The number of ether oxygens (including phenoxy) is 7. The number of aromatic hydroxyl groups is 4. The molecule has 3 aliphatic rings. The maximum atomic E-state index is 13.3. The van der Waals surface area contributed by atoms with Gasteiger partial charge in [0.25, 0.3) is 0 Å². The molecule has 3 fully saturated rings. The van der Waals surface area contributed by atoms with E-state index in [4.69, 9.17) is 33.2 Å². The second-order valence-electron chi connectivity index (χ2n) is 12.6. The van der Waals surface area contributed by atoms with E-state index in [0.717, 1.165) is 0 Å². The smallest absolute Gasteiger partial charge is 0.306 e. The summed E-state index contributed by atoms with van der Waals surface area (Å²) in [4.78, 5) is 13.3. The van der Waals surface area contributed by atoms with Crippen molar-refractivity contribution in [3.63, 3.8) is 0 Å². The fourth-order valence-electron chi connectivity index (χ4n) is 5.90. The third-order valence-electron chi connectivity index (χ3n) is 8.98. The van der Waals surface area contributed by atoms with Crippen LogP contribution in [0.4, 0.5) is 0 Å². The van der Waals surface area contributed by atoms with Crippen LogP contribution >= 0.6 is 0 Å². The van der Waals surface area contributed by atoms with Crippen LogP contribution in [0.1, 0.15) is 30.4 Å². The molecule has 17 nitrogen and oxygen atoms in total. The van der Waals surface area contributed by atoms with Crippen molar-refractivity contribution in [2.24, 2.45) is 0 Å². The molecule has 0 aliphatic carbocycles. The topological polar surface area (TPSA) is 264 Å². The summed E-state index contributed by atoms with van der Waals surface area (Å²) >= 11 is 0. The van der Waals surface area contributed by atoms with Crippen molar-refractivity contribution in [1.82, 2.24) is 0 Å². The second kappa shape index (κ2) is 16.3. The van der Waals surface area contributed by atoms with Crippen molar-refractivity contribution in [1.29, 1.82) is 0 Å². The highest BCUT2D eigenvalue weighted by Gasteiger charge is 2.54. The third-order valence-corrected chi connectivity index (χ3v) is 8.98. The molecule has 0 unspecified atom stereocenters. The minimum absolute atomic E-state index is 0.00210. The van der Waals surface area contributed by atoms with Crippen molar-refractivity contribution >= 4 is 5.97 Å². The van der Waals surface area contributed by atoms with Gasteiger partial charge in [-0.2, -0.15) is 0 Å². The van der Waals surface area contributed by atoms with Gasteiger partial charge in [-0.1, -0.05) is 12.1 Å². The second-order valence-corrected chi connectivity index (χ2v) is 12.6. The number of phenols is 4. The van der Waals surface area contributed by atoms with E-state index in [-0.39, 0.29) is 74.9 Å². The van der Waals surface area contributed by atoms with Crippen LogP contribution in [-0.4, -0.2) is 146 Å². The lowest BCUT2D eigenvalue weighted by Gasteiger charge is -2.45. The van der Waals surface area contributed by atoms with Crippen LogP contribution in [0.5, 0.6) is 23.0 Å². The molecule has 3 heterocycles. The minimum Gasteiger partial charge on any atom is -0.504 e. The molecule has 0 spiro atoms. The zero-order valence-corrected chi connectivity index (χ0v) is 27.1. The lowest BCUT2D eigenvalue weighted by Crippen LogP contribution is -2.63. The summed E-state index contributed by atoms with van der Waals surface area (Å²) in [6.07, 6.45) is -10.0. The van der Waals surface area contributed by atoms with Gasteiger partial charge in [0.15, 0.2) is 48.0 Å². The SMILES string of the molecule is O=C(CCc1ccc(O)c(O)c1)O[C@H]1[C@H](O[C@@H]2OCC[C@]2(O)CO)[C@@H](O)[C@H](OCCc2ccc(O)c(O)c2)O[C@@H]1CO[C@@H]1OCC[C@]1(O)CO. The normalized spacial score (nSPS) is 32.7. The highest BCUT2D eigenvalue weighted by Crippen LogP contribution is 2.35. The van der Waals surface area contributed by atoms with Gasteiger partial charge in [0.05, 0.1) is 39.6 Å². The number of phenolic OH excluding ortho intramolecular Hbond substituents is 4. The lowest BCUT2D eigenvalue weighted by molar-refractivity contribution is -0.342. The monoisotopic (exact) mass is 712 g/mol. The average molecular weight is 713 g/mol. The van der Waals surface area contributed by atoms with Gasteiger partial charge in [0.2, 0.25) is 0 Å². The Morgan fingerprint density at radius 2 is 1.36 bits per heavy atom. The van der Waals surface area contributed by atoms with E-state index in [9.17, 15) is 50.8 Å². The third kappa shape index (κ3) is 8.75. The highest BCUT2D eigenvalue weighted by molar-refractivity contribution is 5.70. The molecule has 2 aromatic rings. The molecule has 50 heavy (non-hydrogen) atoms. The van der Waals surface area contributed by atoms with E-state index < -0.39 is 80.3 Å². The fraction of sp³-hybridized carbons (Fsp3) is 0.606. The standard InChI is InChI=1S/C33H44O17/c34-16-32(42)8-11-45-30(32)47-15-24-27(49-25(40)6-3-18-1-4-20(36)22(38)13-18)28(50-31-33(43,17-35)9-12-46-31)26(41)29(48-24)44-10-7-19-2-5-21(37)23(39)14-19/h1-2,4-5,13-14,24,26-31,34-39,41-43H,3,6-12,15-17H2/t24-,26-,27-,28-,29-,30+,31+,32+,33+/m1/s1. The number of aryl methyl sites for hydroxylation is 1. The van der Waals surface area contributed by atoms with Gasteiger partial charge in [-0.3, -0.25) is 4.79 Å². The summed E-state index contributed by atoms with van der Waals surface area (Å²) < 4.78 is 40.6. The number of aliphatic hydroxyl groups is 5. The van der Waals surface area contributed by atoms with Crippen molar-refractivity contribution in [3.8, 4) is 23.0 Å². The summed E-state index contributed by atoms with van der Waals surface area (Å²) in [7, 11) is 0. The molecule has 0 aromatic heterocycles. The van der Waals surface area contributed by atoms with Gasteiger partial charge >= 0.3 is 5.97 Å². The van der Waals surface area contributed by atoms with Crippen LogP contribution in [0.15, 0.2) is 36.4 Å². The van der Waals surface area contributed by atoms with Crippen molar-refractivity contribution in [3.05, 3.63) is 47.5 Å². The number of carbonyl (C=O) groups excluding carboxylic acids is 1. The van der Waals surface area contributed by atoms with Gasteiger partial charge in [0.1, 0.15) is 29.5 Å². The predicted octanol–water partition coefficient (Wildman–Crippen LogP) is -0.960. The Labute approximate surface area is 286 Å². The molecule has 5 rings (SSSR count).